The van der Waals surface area contributed by atoms with Crippen molar-refractivity contribution in [3.05, 3.63) is 34.9 Å². The van der Waals surface area contributed by atoms with Crippen LogP contribution in [0.2, 0.25) is 5.02 Å². The molecule has 1 aromatic carbocycles. The molecule has 1 N–H and O–H groups in total. The molecule has 1 saturated carbocycles. The minimum atomic E-state index is -4.69. The maximum absolute atomic E-state index is 13.2. The summed E-state index contributed by atoms with van der Waals surface area (Å²) in [5.41, 5.74) is -2.99. The van der Waals surface area contributed by atoms with Crippen molar-refractivity contribution in [1.29, 1.82) is 0 Å². The van der Waals surface area contributed by atoms with Crippen LogP contribution in [0.15, 0.2) is 29.4 Å². The van der Waals surface area contributed by atoms with E-state index in [1.54, 1.807) is 6.07 Å². The van der Waals surface area contributed by atoms with Gasteiger partial charge in [-0.05, 0) is 31.0 Å². The van der Waals surface area contributed by atoms with E-state index >= 15 is 0 Å². The average Bonchev–Trinajstić information content (AvgIpc) is 2.94. The predicted molar refractivity (Wildman–Crippen MR) is 87.3 cm³/mol. The number of benzene rings is 1. The zero-order valence-corrected chi connectivity index (χ0v) is 14.1. The Morgan fingerprint density at radius 2 is 1.96 bits per heavy atom. The third kappa shape index (κ3) is 3.53. The summed E-state index contributed by atoms with van der Waals surface area (Å²) in [6.45, 7) is 0. The maximum atomic E-state index is 13.2. The van der Waals surface area contributed by atoms with Crippen molar-refractivity contribution in [3.63, 3.8) is 0 Å². The lowest BCUT2D eigenvalue weighted by Crippen LogP contribution is -2.52. The third-order valence-corrected chi connectivity index (χ3v) is 5.10. The van der Waals surface area contributed by atoms with Gasteiger partial charge in [-0.15, -0.1) is 0 Å². The lowest BCUT2D eigenvalue weighted by Gasteiger charge is -2.40. The van der Waals surface area contributed by atoms with Crippen molar-refractivity contribution >= 4 is 23.2 Å². The molecule has 0 saturated heterocycles. The van der Waals surface area contributed by atoms with E-state index in [0.29, 0.717) is 17.9 Å². The highest BCUT2D eigenvalue weighted by atomic mass is 35.5. The number of alkyl halides is 3. The first-order valence-electron chi connectivity index (χ1n) is 8.19. The number of hydrogen-bond donors (Lipinski definition) is 1. The second-order valence-corrected chi connectivity index (χ2v) is 7.00. The van der Waals surface area contributed by atoms with Gasteiger partial charge in [0.2, 0.25) is 0 Å². The number of hydrogen-bond acceptors (Lipinski definition) is 3. The van der Waals surface area contributed by atoms with Crippen LogP contribution >= 0.6 is 11.6 Å². The van der Waals surface area contributed by atoms with E-state index in [-0.39, 0.29) is 10.6 Å². The Kier molecular flexibility index (Phi) is 4.81. The van der Waals surface area contributed by atoms with Crippen LogP contribution in [-0.4, -0.2) is 33.6 Å². The summed E-state index contributed by atoms with van der Waals surface area (Å²) in [5, 5.41) is 15.5. The van der Waals surface area contributed by atoms with Gasteiger partial charge in [0.05, 0.1) is 0 Å². The van der Waals surface area contributed by atoms with Crippen LogP contribution in [0.4, 0.5) is 13.2 Å². The first-order valence-corrected chi connectivity index (χ1v) is 8.57. The Morgan fingerprint density at radius 1 is 1.28 bits per heavy atom. The Bertz CT molecular complexity index is 701. The Hall–Kier alpha value is -1.60. The Balaban J connectivity index is 1.98. The number of amides is 1. The second kappa shape index (κ2) is 6.61. The molecular weight excluding hydrogens is 357 g/mol. The van der Waals surface area contributed by atoms with Crippen LogP contribution in [0.5, 0.6) is 0 Å². The predicted octanol–water partition coefficient (Wildman–Crippen LogP) is 4.37. The second-order valence-electron chi connectivity index (χ2n) is 6.56. The normalized spacial score (nSPS) is 25.2. The SMILES string of the molecule is O=C(c1cccc(Cl)c1)N1N=C(C(F)(F)F)C[C@@]1(O)C1CCCCC1. The average molecular weight is 375 g/mol. The van der Waals surface area contributed by atoms with E-state index in [1.807, 2.05) is 0 Å². The van der Waals surface area contributed by atoms with Crippen molar-refractivity contribution in [2.45, 2.75) is 50.4 Å². The van der Waals surface area contributed by atoms with Gasteiger partial charge in [-0.3, -0.25) is 4.79 Å². The van der Waals surface area contributed by atoms with Crippen molar-refractivity contribution in [2.75, 3.05) is 0 Å². The summed E-state index contributed by atoms with van der Waals surface area (Å²) in [7, 11) is 0. The monoisotopic (exact) mass is 374 g/mol. The number of nitrogens with zero attached hydrogens (tertiary/aromatic N) is 2. The molecule has 1 amide bonds. The molecule has 8 heteroatoms. The summed E-state index contributed by atoms with van der Waals surface area (Å²) < 4.78 is 39.5. The molecule has 2 aliphatic rings. The van der Waals surface area contributed by atoms with E-state index < -0.39 is 35.9 Å². The number of rotatable bonds is 2. The first-order chi connectivity index (χ1) is 11.7. The highest BCUT2D eigenvalue weighted by molar-refractivity contribution is 6.31. The number of aliphatic hydroxyl groups is 1. The summed E-state index contributed by atoms with van der Waals surface area (Å²) in [4.78, 5) is 12.8. The van der Waals surface area contributed by atoms with E-state index in [4.69, 9.17) is 11.6 Å². The summed E-state index contributed by atoms with van der Waals surface area (Å²) in [5.74, 6) is -1.22. The van der Waals surface area contributed by atoms with Crippen molar-refractivity contribution in [2.24, 2.45) is 11.0 Å². The lowest BCUT2D eigenvalue weighted by molar-refractivity contribution is -0.123. The lowest BCUT2D eigenvalue weighted by atomic mass is 9.79. The fourth-order valence-electron chi connectivity index (χ4n) is 3.57. The molecule has 0 bridgehead atoms. The Labute approximate surface area is 148 Å². The van der Waals surface area contributed by atoms with Crippen LogP contribution in [-0.2, 0) is 0 Å². The van der Waals surface area contributed by atoms with Crippen molar-refractivity contribution in [1.82, 2.24) is 5.01 Å². The Morgan fingerprint density at radius 3 is 2.56 bits per heavy atom. The molecule has 1 fully saturated rings. The first kappa shape index (κ1) is 18.2. The number of carbonyl (C=O) groups is 1. The van der Waals surface area contributed by atoms with Gasteiger partial charge in [0.25, 0.3) is 5.91 Å². The van der Waals surface area contributed by atoms with Crippen LogP contribution in [0.3, 0.4) is 0 Å². The van der Waals surface area contributed by atoms with Gasteiger partial charge in [-0.25, -0.2) is 0 Å². The highest BCUT2D eigenvalue weighted by Gasteiger charge is 2.55. The molecule has 1 heterocycles. The topological polar surface area (TPSA) is 52.9 Å². The molecule has 25 heavy (non-hydrogen) atoms. The van der Waals surface area contributed by atoms with Gasteiger partial charge < -0.3 is 5.11 Å². The minimum absolute atomic E-state index is 0.0916. The molecule has 1 aliphatic heterocycles. The summed E-state index contributed by atoms with van der Waals surface area (Å²) in [6.07, 6.45) is -1.66. The smallest absolute Gasteiger partial charge is 0.368 e. The van der Waals surface area contributed by atoms with Gasteiger partial charge in [0, 0.05) is 22.9 Å². The summed E-state index contributed by atoms with van der Waals surface area (Å²) in [6, 6.07) is 5.88. The minimum Gasteiger partial charge on any atom is -0.368 e. The van der Waals surface area contributed by atoms with Crippen LogP contribution in [0.1, 0.15) is 48.9 Å². The van der Waals surface area contributed by atoms with Gasteiger partial charge in [-0.2, -0.15) is 23.3 Å². The maximum Gasteiger partial charge on any atom is 0.431 e. The highest BCUT2D eigenvalue weighted by Crippen LogP contribution is 2.43. The fraction of sp³-hybridized carbons (Fsp3) is 0.529. The number of halogens is 4. The molecule has 0 spiro atoms. The van der Waals surface area contributed by atoms with Crippen LogP contribution in [0.25, 0.3) is 0 Å². The van der Waals surface area contributed by atoms with Gasteiger partial charge in [0.15, 0.2) is 5.72 Å². The molecule has 0 radical (unpaired) electrons. The van der Waals surface area contributed by atoms with Crippen LogP contribution in [0, 0.1) is 5.92 Å². The van der Waals surface area contributed by atoms with E-state index in [9.17, 15) is 23.1 Å². The molecule has 0 unspecified atom stereocenters. The summed E-state index contributed by atoms with van der Waals surface area (Å²) >= 11 is 5.87. The third-order valence-electron chi connectivity index (χ3n) is 4.87. The molecule has 4 nitrogen and oxygen atoms in total. The largest absolute Gasteiger partial charge is 0.431 e. The van der Waals surface area contributed by atoms with Crippen LogP contribution < -0.4 is 0 Å². The zero-order chi connectivity index (χ0) is 18.2. The van der Waals surface area contributed by atoms with Gasteiger partial charge in [0.1, 0.15) is 5.71 Å². The molecule has 1 aliphatic carbocycles. The van der Waals surface area contributed by atoms with Crippen molar-refractivity contribution < 1.29 is 23.1 Å². The van der Waals surface area contributed by atoms with Gasteiger partial charge >= 0.3 is 6.18 Å². The zero-order valence-electron chi connectivity index (χ0n) is 13.4. The van der Waals surface area contributed by atoms with Gasteiger partial charge in [-0.1, -0.05) is 36.9 Å². The molecule has 136 valence electrons. The quantitative estimate of drug-likeness (QED) is 0.835. The molecular formula is C17H18ClF3N2O2. The number of hydrazone groups is 1. The van der Waals surface area contributed by atoms with E-state index in [2.05, 4.69) is 5.10 Å². The van der Waals surface area contributed by atoms with E-state index in [0.717, 1.165) is 19.3 Å². The molecule has 1 aromatic rings. The molecule has 1 atom stereocenters. The molecule has 0 aromatic heterocycles. The van der Waals surface area contributed by atoms with E-state index in [1.165, 1.54) is 18.2 Å². The van der Waals surface area contributed by atoms with Crippen molar-refractivity contribution in [3.8, 4) is 0 Å². The number of carbonyl (C=O) groups excluding carboxylic acids is 1. The fourth-order valence-corrected chi connectivity index (χ4v) is 3.76. The molecule has 3 rings (SSSR count). The standard InChI is InChI=1S/C17H18ClF3N2O2/c18-13-8-4-5-11(9-13)15(24)23-16(25,12-6-2-1-3-7-12)10-14(22-23)17(19,20)21/h4-5,8-9,12,25H,1-3,6-7,10H2/t16-/m1/s1.